The summed E-state index contributed by atoms with van der Waals surface area (Å²) in [5, 5.41) is 8.37. The Kier molecular flexibility index (Phi) is 1.85. The summed E-state index contributed by atoms with van der Waals surface area (Å²) in [5.74, 6) is -10.5. The van der Waals surface area contributed by atoms with Crippen molar-refractivity contribution in [3.63, 3.8) is 0 Å². The van der Waals surface area contributed by atoms with Crippen molar-refractivity contribution < 1.29 is 27.1 Å². The normalized spacial score (nSPS) is 28.8. The highest BCUT2D eigenvalue weighted by Gasteiger charge is 2.44. The van der Waals surface area contributed by atoms with Gasteiger partial charge in [-0.05, 0) is 0 Å². The van der Waals surface area contributed by atoms with E-state index in [4.69, 9.17) is 5.11 Å². The molecule has 1 nitrogen and oxygen atoms in total. The summed E-state index contributed by atoms with van der Waals surface area (Å²) in [6.45, 7) is 0. The van der Waals surface area contributed by atoms with Gasteiger partial charge in [-0.15, -0.1) is 0 Å². The van der Waals surface area contributed by atoms with E-state index in [1.54, 1.807) is 0 Å². The Bertz CT molecular complexity index is 267. The molecule has 0 spiro atoms. The summed E-state index contributed by atoms with van der Waals surface area (Å²) < 4.78 is 60.9. The molecule has 1 rings (SSSR count). The predicted molar refractivity (Wildman–Crippen MR) is 29.8 cm³/mol. The Morgan fingerprint density at radius 3 is 2.33 bits per heavy atom. The van der Waals surface area contributed by atoms with E-state index in [0.29, 0.717) is 0 Å². The van der Waals surface area contributed by atoms with Gasteiger partial charge in [-0.2, -0.15) is 8.78 Å². The molecule has 1 unspecified atom stereocenters. The first-order valence-electron chi connectivity index (χ1n) is 2.85. The van der Waals surface area contributed by atoms with E-state index in [1.807, 2.05) is 0 Å². The second kappa shape index (κ2) is 2.46. The molecule has 1 aliphatic rings. The monoisotopic (exact) mass is 186 g/mol. The van der Waals surface area contributed by atoms with Crippen LogP contribution in [0.3, 0.4) is 0 Å². The highest BCUT2D eigenvalue weighted by molar-refractivity contribution is 5.31. The van der Waals surface area contributed by atoms with Crippen LogP contribution in [-0.4, -0.2) is 17.2 Å². The van der Waals surface area contributed by atoms with E-state index >= 15 is 0 Å². The molecule has 0 saturated heterocycles. The lowest BCUT2D eigenvalue weighted by Gasteiger charge is -2.18. The van der Waals surface area contributed by atoms with E-state index in [1.165, 1.54) is 0 Å². The molecular formula is C6H3F5O. The van der Waals surface area contributed by atoms with Crippen molar-refractivity contribution in [2.75, 3.05) is 0 Å². The number of hydrogen-bond acceptors (Lipinski definition) is 1. The zero-order valence-corrected chi connectivity index (χ0v) is 5.49. The lowest BCUT2D eigenvalue weighted by atomic mass is 10.1. The van der Waals surface area contributed by atoms with E-state index < -0.39 is 29.5 Å². The van der Waals surface area contributed by atoms with Crippen molar-refractivity contribution in [2.45, 2.75) is 12.1 Å². The van der Waals surface area contributed by atoms with Gasteiger partial charge in [0.05, 0.1) is 0 Å². The first kappa shape index (κ1) is 9.02. The SMILES string of the molecule is OC1=CC(F)(F)C(F)=C(F)C1F. The molecule has 0 aromatic carbocycles. The molecule has 0 aromatic heterocycles. The summed E-state index contributed by atoms with van der Waals surface area (Å²) in [6, 6.07) is 0. The highest BCUT2D eigenvalue weighted by Crippen LogP contribution is 2.38. The summed E-state index contributed by atoms with van der Waals surface area (Å²) in [4.78, 5) is 0. The van der Waals surface area contributed by atoms with Crippen molar-refractivity contribution in [1.82, 2.24) is 0 Å². The van der Waals surface area contributed by atoms with Crippen LogP contribution >= 0.6 is 0 Å². The number of rotatable bonds is 0. The smallest absolute Gasteiger partial charge is 0.323 e. The first-order valence-corrected chi connectivity index (χ1v) is 2.85. The van der Waals surface area contributed by atoms with Crippen LogP contribution in [0, 0.1) is 0 Å². The molecule has 0 aromatic rings. The fraction of sp³-hybridized carbons (Fsp3) is 0.333. The Balaban J connectivity index is 3.15. The van der Waals surface area contributed by atoms with Crippen LogP contribution in [0.5, 0.6) is 0 Å². The third-order valence-electron chi connectivity index (χ3n) is 1.31. The fourth-order valence-electron chi connectivity index (χ4n) is 0.723. The summed E-state index contributed by atoms with van der Waals surface area (Å²) >= 11 is 0. The van der Waals surface area contributed by atoms with Crippen molar-refractivity contribution >= 4 is 0 Å². The third kappa shape index (κ3) is 1.17. The molecule has 0 amide bonds. The summed E-state index contributed by atoms with van der Waals surface area (Å²) in [7, 11) is 0. The van der Waals surface area contributed by atoms with Crippen LogP contribution in [-0.2, 0) is 0 Å². The van der Waals surface area contributed by atoms with E-state index in [0.717, 1.165) is 0 Å². The number of aliphatic hydroxyl groups is 1. The largest absolute Gasteiger partial charge is 0.509 e. The van der Waals surface area contributed by atoms with Gasteiger partial charge in [0, 0.05) is 6.08 Å². The predicted octanol–water partition coefficient (Wildman–Crippen LogP) is 2.57. The highest BCUT2D eigenvalue weighted by atomic mass is 19.3. The Morgan fingerprint density at radius 1 is 1.33 bits per heavy atom. The van der Waals surface area contributed by atoms with Gasteiger partial charge in [0.15, 0.2) is 5.83 Å². The van der Waals surface area contributed by atoms with Crippen LogP contribution < -0.4 is 0 Å². The lowest BCUT2D eigenvalue weighted by Crippen LogP contribution is -2.25. The lowest BCUT2D eigenvalue weighted by molar-refractivity contribution is 0.0485. The zero-order valence-electron chi connectivity index (χ0n) is 5.49. The minimum atomic E-state index is -4.25. The average molecular weight is 186 g/mol. The first-order chi connectivity index (χ1) is 5.36. The Morgan fingerprint density at radius 2 is 1.83 bits per heavy atom. The van der Waals surface area contributed by atoms with E-state index in [-0.39, 0.29) is 6.08 Å². The van der Waals surface area contributed by atoms with E-state index in [9.17, 15) is 22.0 Å². The second-order valence-corrected chi connectivity index (χ2v) is 2.22. The van der Waals surface area contributed by atoms with Crippen LogP contribution in [0.4, 0.5) is 22.0 Å². The maximum Gasteiger partial charge on any atom is 0.323 e. The van der Waals surface area contributed by atoms with Crippen molar-refractivity contribution in [3.05, 3.63) is 23.5 Å². The molecule has 6 heteroatoms. The molecule has 1 N–H and O–H groups in total. The molecule has 0 saturated carbocycles. The molecule has 68 valence electrons. The number of alkyl halides is 3. The van der Waals surface area contributed by atoms with Gasteiger partial charge in [-0.3, -0.25) is 0 Å². The molecule has 0 aliphatic heterocycles. The van der Waals surface area contributed by atoms with Gasteiger partial charge in [-0.25, -0.2) is 13.2 Å². The van der Waals surface area contributed by atoms with Gasteiger partial charge in [-0.1, -0.05) is 0 Å². The third-order valence-corrected chi connectivity index (χ3v) is 1.31. The molecule has 1 aliphatic carbocycles. The Labute approximate surface area is 63.8 Å². The minimum Gasteiger partial charge on any atom is -0.509 e. The fourth-order valence-corrected chi connectivity index (χ4v) is 0.723. The minimum absolute atomic E-state index is 0.365. The van der Waals surface area contributed by atoms with Gasteiger partial charge in [0.25, 0.3) is 0 Å². The van der Waals surface area contributed by atoms with E-state index in [2.05, 4.69) is 0 Å². The maximum atomic E-state index is 12.2. The molecule has 0 fully saturated rings. The maximum absolute atomic E-state index is 12.2. The Hall–Kier alpha value is -1.07. The molecule has 0 radical (unpaired) electrons. The standard InChI is InChI=1S/C6H3F5O/c7-3-2(12)1-6(10,11)5(9)4(3)8/h1,3,12H. The molecule has 0 bridgehead atoms. The van der Waals surface area contributed by atoms with Crippen molar-refractivity contribution in [2.24, 2.45) is 0 Å². The molecule has 1 atom stereocenters. The second-order valence-electron chi connectivity index (χ2n) is 2.22. The summed E-state index contributed by atoms with van der Waals surface area (Å²) in [6.07, 6.45) is -3.18. The number of allylic oxidation sites excluding steroid dienone is 3. The number of halogens is 5. The number of aliphatic hydroxyl groups excluding tert-OH is 1. The van der Waals surface area contributed by atoms with Gasteiger partial charge >= 0.3 is 5.92 Å². The van der Waals surface area contributed by atoms with Crippen LogP contribution in [0.15, 0.2) is 23.5 Å². The average Bonchev–Trinajstić information content (AvgIpc) is 1.97. The molecular weight excluding hydrogens is 183 g/mol. The summed E-state index contributed by atoms with van der Waals surface area (Å²) in [5.41, 5.74) is 0. The van der Waals surface area contributed by atoms with Crippen molar-refractivity contribution in [1.29, 1.82) is 0 Å². The van der Waals surface area contributed by atoms with Crippen molar-refractivity contribution in [3.8, 4) is 0 Å². The quantitative estimate of drug-likeness (QED) is 0.576. The van der Waals surface area contributed by atoms with Crippen LogP contribution in [0.1, 0.15) is 0 Å². The zero-order chi connectivity index (χ0) is 9.52. The van der Waals surface area contributed by atoms with Gasteiger partial charge in [0.1, 0.15) is 5.76 Å². The molecule has 0 heterocycles. The van der Waals surface area contributed by atoms with Crippen LogP contribution in [0.25, 0.3) is 0 Å². The van der Waals surface area contributed by atoms with Crippen LogP contribution in [0.2, 0.25) is 0 Å². The van der Waals surface area contributed by atoms with Gasteiger partial charge in [0.2, 0.25) is 12.0 Å². The van der Waals surface area contributed by atoms with Gasteiger partial charge < -0.3 is 5.11 Å². The molecule has 12 heavy (non-hydrogen) atoms. The number of hydrogen-bond donors (Lipinski definition) is 1. The topological polar surface area (TPSA) is 20.2 Å².